The van der Waals surface area contributed by atoms with Crippen molar-refractivity contribution in [3.8, 4) is 0 Å². The molecule has 2 rings (SSSR count). The molecular weight excluding hydrogens is 238 g/mol. The van der Waals surface area contributed by atoms with Gasteiger partial charge in [-0.15, -0.1) is 0 Å². The summed E-state index contributed by atoms with van der Waals surface area (Å²) in [4.78, 5) is 21.8. The molecule has 1 aromatic heterocycles. The van der Waals surface area contributed by atoms with Crippen molar-refractivity contribution in [1.82, 2.24) is 5.16 Å². The predicted octanol–water partition coefficient (Wildman–Crippen LogP) is 2.14. The fraction of sp³-hybridized carbons (Fsp3) is 0.0909. The summed E-state index contributed by atoms with van der Waals surface area (Å²) >= 11 is 0. The Morgan fingerprint density at radius 1 is 1.44 bits per heavy atom. The van der Waals surface area contributed by atoms with E-state index in [9.17, 15) is 14.9 Å². The van der Waals surface area contributed by atoms with Gasteiger partial charge in [0.25, 0.3) is 11.6 Å². The highest BCUT2D eigenvalue weighted by molar-refractivity contribution is 6.02. The summed E-state index contributed by atoms with van der Waals surface area (Å²) in [7, 11) is 0. The molecule has 0 atom stereocenters. The Morgan fingerprint density at radius 3 is 2.83 bits per heavy atom. The minimum atomic E-state index is -0.532. The number of aromatic nitrogens is 1. The van der Waals surface area contributed by atoms with Gasteiger partial charge in [-0.05, 0) is 13.0 Å². The normalized spacial score (nSPS) is 10.1. The standard InChI is InChI=1S/C11H9N3O4/c1-7-5-10(13-18-7)11(15)12-8-3-2-4-9(6-8)14(16)17/h2-6H,1H3,(H,12,15). The second-order valence-electron chi connectivity index (χ2n) is 3.58. The zero-order valence-corrected chi connectivity index (χ0v) is 9.41. The van der Waals surface area contributed by atoms with Gasteiger partial charge >= 0.3 is 0 Å². The number of nitrogens with one attached hydrogen (secondary N) is 1. The van der Waals surface area contributed by atoms with Gasteiger partial charge in [-0.1, -0.05) is 11.2 Å². The molecule has 0 unspecified atom stereocenters. The molecule has 1 aromatic carbocycles. The van der Waals surface area contributed by atoms with E-state index in [0.29, 0.717) is 11.4 Å². The molecule has 0 saturated carbocycles. The summed E-state index contributed by atoms with van der Waals surface area (Å²) < 4.78 is 4.77. The van der Waals surface area contributed by atoms with Crippen molar-refractivity contribution in [1.29, 1.82) is 0 Å². The van der Waals surface area contributed by atoms with Crippen molar-refractivity contribution < 1.29 is 14.2 Å². The number of nitro benzene ring substituents is 1. The minimum absolute atomic E-state index is 0.0934. The number of rotatable bonds is 3. The van der Waals surface area contributed by atoms with Crippen molar-refractivity contribution in [2.24, 2.45) is 0 Å². The van der Waals surface area contributed by atoms with Crippen molar-refractivity contribution in [3.63, 3.8) is 0 Å². The summed E-state index contributed by atoms with van der Waals surface area (Å²) in [6, 6.07) is 7.13. The molecule has 0 aliphatic carbocycles. The van der Waals surface area contributed by atoms with Crippen molar-refractivity contribution >= 4 is 17.3 Å². The fourth-order valence-electron chi connectivity index (χ4n) is 1.37. The van der Waals surface area contributed by atoms with Crippen LogP contribution in [0.15, 0.2) is 34.9 Å². The zero-order chi connectivity index (χ0) is 13.1. The molecule has 92 valence electrons. The molecule has 0 aliphatic rings. The van der Waals surface area contributed by atoms with E-state index in [1.807, 2.05) is 0 Å². The number of anilines is 1. The predicted molar refractivity (Wildman–Crippen MR) is 62.3 cm³/mol. The Morgan fingerprint density at radius 2 is 2.22 bits per heavy atom. The van der Waals surface area contributed by atoms with Crippen LogP contribution in [0.25, 0.3) is 0 Å². The Labute approximate surface area is 102 Å². The molecule has 1 heterocycles. The number of amides is 1. The summed E-state index contributed by atoms with van der Waals surface area (Å²) in [5.41, 5.74) is 0.359. The third kappa shape index (κ3) is 2.51. The van der Waals surface area contributed by atoms with E-state index in [1.165, 1.54) is 24.3 Å². The van der Waals surface area contributed by atoms with Gasteiger partial charge in [0.1, 0.15) is 5.76 Å². The average molecular weight is 247 g/mol. The van der Waals surface area contributed by atoms with Crippen molar-refractivity contribution in [2.75, 3.05) is 5.32 Å². The molecule has 0 bridgehead atoms. The monoisotopic (exact) mass is 247 g/mol. The highest BCUT2D eigenvalue weighted by atomic mass is 16.6. The van der Waals surface area contributed by atoms with Crippen LogP contribution in [0, 0.1) is 17.0 Å². The maximum Gasteiger partial charge on any atom is 0.277 e. The highest BCUT2D eigenvalue weighted by Crippen LogP contribution is 2.17. The third-order valence-corrected chi connectivity index (χ3v) is 2.18. The van der Waals surface area contributed by atoms with Crippen LogP contribution in [-0.4, -0.2) is 16.0 Å². The van der Waals surface area contributed by atoms with E-state index < -0.39 is 10.8 Å². The van der Waals surface area contributed by atoms with Crippen LogP contribution in [-0.2, 0) is 0 Å². The van der Waals surface area contributed by atoms with Gasteiger partial charge in [-0.2, -0.15) is 0 Å². The van der Waals surface area contributed by atoms with E-state index in [0.717, 1.165) is 0 Å². The summed E-state index contributed by atoms with van der Waals surface area (Å²) in [6.45, 7) is 1.66. The highest BCUT2D eigenvalue weighted by Gasteiger charge is 2.12. The molecule has 1 N–H and O–H groups in total. The first-order valence-corrected chi connectivity index (χ1v) is 5.05. The van der Waals surface area contributed by atoms with E-state index in [4.69, 9.17) is 4.52 Å². The molecule has 2 aromatic rings. The number of hydrogen-bond donors (Lipinski definition) is 1. The van der Waals surface area contributed by atoms with Gasteiger partial charge in [0.2, 0.25) is 0 Å². The number of benzene rings is 1. The molecule has 18 heavy (non-hydrogen) atoms. The van der Waals surface area contributed by atoms with Gasteiger partial charge in [0, 0.05) is 23.9 Å². The number of non-ortho nitro benzene ring substituents is 1. The molecule has 7 nitrogen and oxygen atoms in total. The van der Waals surface area contributed by atoms with Gasteiger partial charge in [0.05, 0.1) is 4.92 Å². The number of aryl methyl sites for hydroxylation is 1. The quantitative estimate of drug-likeness (QED) is 0.661. The van der Waals surface area contributed by atoms with Crippen LogP contribution in [0.5, 0.6) is 0 Å². The zero-order valence-electron chi connectivity index (χ0n) is 9.41. The molecule has 0 aliphatic heterocycles. The van der Waals surface area contributed by atoms with Crippen LogP contribution in [0.2, 0.25) is 0 Å². The second-order valence-corrected chi connectivity index (χ2v) is 3.58. The topological polar surface area (TPSA) is 98.3 Å². The Hall–Kier alpha value is -2.70. The van der Waals surface area contributed by atoms with Crippen molar-refractivity contribution in [2.45, 2.75) is 6.92 Å². The maximum absolute atomic E-state index is 11.7. The number of carbonyl (C=O) groups is 1. The molecule has 7 heteroatoms. The van der Waals surface area contributed by atoms with Crippen LogP contribution >= 0.6 is 0 Å². The van der Waals surface area contributed by atoms with Crippen LogP contribution in [0.1, 0.15) is 16.2 Å². The van der Waals surface area contributed by atoms with Gasteiger partial charge in [-0.3, -0.25) is 14.9 Å². The van der Waals surface area contributed by atoms with Crippen LogP contribution in [0.4, 0.5) is 11.4 Å². The van der Waals surface area contributed by atoms with E-state index in [2.05, 4.69) is 10.5 Å². The maximum atomic E-state index is 11.7. The third-order valence-electron chi connectivity index (χ3n) is 2.18. The SMILES string of the molecule is Cc1cc(C(=O)Nc2cccc([N+](=O)[O-])c2)no1. The first kappa shape index (κ1) is 11.8. The van der Waals surface area contributed by atoms with E-state index in [-0.39, 0.29) is 11.4 Å². The second kappa shape index (κ2) is 4.66. The first-order chi connectivity index (χ1) is 8.56. The summed E-state index contributed by atoms with van der Waals surface area (Å²) in [6.07, 6.45) is 0. The number of carbonyl (C=O) groups excluding carboxylic acids is 1. The van der Waals surface area contributed by atoms with E-state index >= 15 is 0 Å². The van der Waals surface area contributed by atoms with Crippen molar-refractivity contribution in [3.05, 3.63) is 51.9 Å². The lowest BCUT2D eigenvalue weighted by Crippen LogP contribution is -2.12. The smallest absolute Gasteiger partial charge is 0.277 e. The van der Waals surface area contributed by atoms with Crippen LogP contribution in [0.3, 0.4) is 0 Å². The lowest BCUT2D eigenvalue weighted by atomic mass is 10.2. The fourth-order valence-corrected chi connectivity index (χ4v) is 1.37. The molecule has 0 spiro atoms. The number of nitrogens with zero attached hydrogens (tertiary/aromatic N) is 2. The first-order valence-electron chi connectivity index (χ1n) is 5.05. The summed E-state index contributed by atoms with van der Waals surface area (Å²) in [5, 5.41) is 16.6. The Bertz CT molecular complexity index is 606. The lowest BCUT2D eigenvalue weighted by Gasteiger charge is -2.01. The number of nitro groups is 1. The summed E-state index contributed by atoms with van der Waals surface area (Å²) in [5.74, 6) is 0.0338. The van der Waals surface area contributed by atoms with E-state index in [1.54, 1.807) is 13.0 Å². The molecular formula is C11H9N3O4. The van der Waals surface area contributed by atoms with Gasteiger partial charge in [-0.25, -0.2) is 0 Å². The van der Waals surface area contributed by atoms with Crippen LogP contribution < -0.4 is 5.32 Å². The minimum Gasteiger partial charge on any atom is -0.361 e. The average Bonchev–Trinajstić information content (AvgIpc) is 2.76. The Balaban J connectivity index is 2.16. The Kier molecular flexibility index (Phi) is 3.05. The molecule has 0 fully saturated rings. The molecule has 0 saturated heterocycles. The largest absolute Gasteiger partial charge is 0.361 e. The van der Waals surface area contributed by atoms with Gasteiger partial charge in [0.15, 0.2) is 5.69 Å². The van der Waals surface area contributed by atoms with Gasteiger partial charge < -0.3 is 9.84 Å². The number of hydrogen-bond acceptors (Lipinski definition) is 5. The lowest BCUT2D eigenvalue weighted by molar-refractivity contribution is -0.384. The molecule has 1 amide bonds. The molecule has 0 radical (unpaired) electrons.